The Morgan fingerprint density at radius 2 is 2.05 bits per heavy atom. The summed E-state index contributed by atoms with van der Waals surface area (Å²) in [4.78, 5) is 10.4. The van der Waals surface area contributed by atoms with Crippen molar-refractivity contribution in [1.29, 1.82) is 0 Å². The van der Waals surface area contributed by atoms with E-state index < -0.39 is 4.92 Å². The molecule has 1 atom stereocenters. The lowest BCUT2D eigenvalue weighted by Crippen LogP contribution is -2.08. The maximum atomic E-state index is 13.2. The second kappa shape index (κ2) is 6.21. The molecule has 1 unspecified atom stereocenters. The second-order valence-electron chi connectivity index (χ2n) is 4.56. The molecule has 0 fully saturated rings. The number of halogens is 1. The van der Waals surface area contributed by atoms with Crippen molar-refractivity contribution in [1.82, 2.24) is 0 Å². The third-order valence-corrected chi connectivity index (χ3v) is 3.12. The highest BCUT2D eigenvalue weighted by Crippen LogP contribution is 2.29. The Morgan fingerprint density at radius 1 is 1.29 bits per heavy atom. The van der Waals surface area contributed by atoms with Gasteiger partial charge in [-0.1, -0.05) is 12.1 Å². The van der Waals surface area contributed by atoms with Crippen LogP contribution in [-0.4, -0.2) is 12.0 Å². The lowest BCUT2D eigenvalue weighted by molar-refractivity contribution is -0.384. The smallest absolute Gasteiger partial charge is 0.269 e. The number of methoxy groups -OCH3 is 1. The summed E-state index contributed by atoms with van der Waals surface area (Å²) in [6, 6.07) is 10.4. The van der Waals surface area contributed by atoms with Crippen molar-refractivity contribution in [2.45, 2.75) is 13.0 Å². The van der Waals surface area contributed by atoms with E-state index in [1.165, 1.54) is 31.4 Å². The molecule has 0 bridgehead atoms. The van der Waals surface area contributed by atoms with Crippen LogP contribution in [0.15, 0.2) is 42.5 Å². The van der Waals surface area contributed by atoms with Crippen molar-refractivity contribution in [3.05, 3.63) is 64.0 Å². The first-order valence-corrected chi connectivity index (χ1v) is 6.35. The third-order valence-electron chi connectivity index (χ3n) is 3.12. The van der Waals surface area contributed by atoms with E-state index >= 15 is 0 Å². The Morgan fingerprint density at radius 3 is 2.71 bits per heavy atom. The number of non-ortho nitro benzene ring substituents is 1. The standard InChI is InChI=1S/C15H15FN2O3/c1-10(11-4-3-5-13(8-11)18(19)20)17-14-7-6-12(16)9-15(14)21-2/h3-10,17H,1-2H3. The second-order valence-corrected chi connectivity index (χ2v) is 4.56. The van der Waals surface area contributed by atoms with Crippen LogP contribution >= 0.6 is 0 Å². The molecule has 0 aromatic heterocycles. The molecule has 0 heterocycles. The summed E-state index contributed by atoms with van der Waals surface area (Å²) in [7, 11) is 1.46. The lowest BCUT2D eigenvalue weighted by Gasteiger charge is -2.17. The molecule has 0 amide bonds. The molecule has 110 valence electrons. The van der Waals surface area contributed by atoms with E-state index in [4.69, 9.17) is 4.74 Å². The summed E-state index contributed by atoms with van der Waals surface area (Å²) in [6.45, 7) is 1.86. The molecule has 5 nitrogen and oxygen atoms in total. The zero-order chi connectivity index (χ0) is 15.4. The average Bonchev–Trinajstić information content (AvgIpc) is 2.49. The molecular formula is C15H15FN2O3. The Bertz CT molecular complexity index is 661. The van der Waals surface area contributed by atoms with E-state index in [0.29, 0.717) is 11.4 Å². The minimum absolute atomic E-state index is 0.0345. The molecule has 2 aromatic carbocycles. The van der Waals surface area contributed by atoms with Gasteiger partial charge in [0.25, 0.3) is 5.69 Å². The molecule has 0 radical (unpaired) electrons. The van der Waals surface area contributed by atoms with Gasteiger partial charge in [-0.3, -0.25) is 10.1 Å². The molecule has 0 aliphatic rings. The summed E-state index contributed by atoms with van der Waals surface area (Å²) in [5.74, 6) is -0.00678. The Balaban J connectivity index is 2.23. The molecular weight excluding hydrogens is 275 g/mol. The molecule has 2 rings (SSSR count). The largest absolute Gasteiger partial charge is 0.494 e. The number of nitrogens with zero attached hydrogens (tertiary/aromatic N) is 1. The molecule has 0 saturated carbocycles. The van der Waals surface area contributed by atoms with E-state index in [1.807, 2.05) is 6.92 Å². The van der Waals surface area contributed by atoms with Gasteiger partial charge in [0.05, 0.1) is 17.7 Å². The number of nitrogens with one attached hydrogen (secondary N) is 1. The van der Waals surface area contributed by atoms with Crippen LogP contribution in [0.5, 0.6) is 5.75 Å². The van der Waals surface area contributed by atoms with Crippen molar-refractivity contribution >= 4 is 11.4 Å². The predicted octanol–water partition coefficient (Wildman–Crippen LogP) is 3.92. The SMILES string of the molecule is COc1cc(F)ccc1NC(C)c1cccc([N+](=O)[O-])c1. The van der Waals surface area contributed by atoms with Crippen LogP contribution in [0.25, 0.3) is 0 Å². The highest BCUT2D eigenvalue weighted by atomic mass is 19.1. The average molecular weight is 290 g/mol. The van der Waals surface area contributed by atoms with Gasteiger partial charge < -0.3 is 10.1 Å². The van der Waals surface area contributed by atoms with Gasteiger partial charge >= 0.3 is 0 Å². The van der Waals surface area contributed by atoms with Crippen molar-refractivity contribution in [3.63, 3.8) is 0 Å². The first kappa shape index (κ1) is 14.8. The molecule has 0 aliphatic heterocycles. The van der Waals surface area contributed by atoms with Crippen LogP contribution in [0, 0.1) is 15.9 Å². The quantitative estimate of drug-likeness (QED) is 0.669. The summed E-state index contributed by atoms with van der Waals surface area (Å²) in [5, 5.41) is 14.0. The van der Waals surface area contributed by atoms with E-state index in [0.717, 1.165) is 5.56 Å². The van der Waals surface area contributed by atoms with Crippen LogP contribution < -0.4 is 10.1 Å². The summed E-state index contributed by atoms with van der Waals surface area (Å²) in [5.41, 5.74) is 1.42. The molecule has 6 heteroatoms. The molecule has 21 heavy (non-hydrogen) atoms. The van der Waals surface area contributed by atoms with Crippen LogP contribution in [0.2, 0.25) is 0 Å². The third kappa shape index (κ3) is 3.47. The van der Waals surface area contributed by atoms with Crippen LogP contribution in [0.1, 0.15) is 18.5 Å². The molecule has 2 aromatic rings. The van der Waals surface area contributed by atoms with Crippen molar-refractivity contribution in [3.8, 4) is 5.75 Å². The Hall–Kier alpha value is -2.63. The number of anilines is 1. The minimum Gasteiger partial charge on any atom is -0.494 e. The maximum Gasteiger partial charge on any atom is 0.269 e. The Kier molecular flexibility index (Phi) is 4.37. The summed E-state index contributed by atoms with van der Waals surface area (Å²) >= 11 is 0. The topological polar surface area (TPSA) is 64.4 Å². The summed E-state index contributed by atoms with van der Waals surface area (Å²) < 4.78 is 18.3. The first-order valence-electron chi connectivity index (χ1n) is 6.35. The van der Waals surface area contributed by atoms with Crippen molar-refractivity contribution in [2.75, 3.05) is 12.4 Å². The van der Waals surface area contributed by atoms with Gasteiger partial charge in [-0.15, -0.1) is 0 Å². The number of rotatable bonds is 5. The number of nitro groups is 1. The fourth-order valence-electron chi connectivity index (χ4n) is 2.01. The van der Waals surface area contributed by atoms with E-state index in [9.17, 15) is 14.5 Å². The zero-order valence-electron chi connectivity index (χ0n) is 11.7. The van der Waals surface area contributed by atoms with Crippen molar-refractivity contribution < 1.29 is 14.1 Å². The van der Waals surface area contributed by atoms with Gasteiger partial charge in [0.1, 0.15) is 11.6 Å². The number of nitro benzene ring substituents is 1. The normalized spacial score (nSPS) is 11.8. The van der Waals surface area contributed by atoms with Crippen LogP contribution in [0.3, 0.4) is 0 Å². The minimum atomic E-state index is -0.436. The summed E-state index contributed by atoms with van der Waals surface area (Å²) in [6.07, 6.45) is 0. The number of hydrogen-bond donors (Lipinski definition) is 1. The zero-order valence-corrected chi connectivity index (χ0v) is 11.7. The molecule has 1 N–H and O–H groups in total. The monoisotopic (exact) mass is 290 g/mol. The maximum absolute atomic E-state index is 13.2. The van der Waals surface area contributed by atoms with E-state index in [1.54, 1.807) is 18.2 Å². The van der Waals surface area contributed by atoms with Crippen LogP contribution in [0.4, 0.5) is 15.8 Å². The fourth-order valence-corrected chi connectivity index (χ4v) is 2.01. The highest BCUT2D eigenvalue weighted by molar-refractivity contribution is 5.57. The molecule has 0 spiro atoms. The lowest BCUT2D eigenvalue weighted by atomic mass is 10.1. The molecule has 0 aliphatic carbocycles. The van der Waals surface area contributed by atoms with Gasteiger partial charge in [-0.05, 0) is 24.6 Å². The Labute approximate surface area is 121 Å². The number of benzene rings is 2. The van der Waals surface area contributed by atoms with Crippen LogP contribution in [-0.2, 0) is 0 Å². The van der Waals surface area contributed by atoms with E-state index in [2.05, 4.69) is 5.32 Å². The van der Waals surface area contributed by atoms with Gasteiger partial charge in [-0.2, -0.15) is 0 Å². The van der Waals surface area contributed by atoms with Gasteiger partial charge in [0.2, 0.25) is 0 Å². The first-order chi connectivity index (χ1) is 10.0. The fraction of sp³-hybridized carbons (Fsp3) is 0.200. The number of ether oxygens (including phenoxy) is 1. The predicted molar refractivity (Wildman–Crippen MR) is 78.1 cm³/mol. The van der Waals surface area contributed by atoms with Gasteiger partial charge in [0, 0.05) is 24.2 Å². The van der Waals surface area contributed by atoms with Crippen molar-refractivity contribution in [2.24, 2.45) is 0 Å². The van der Waals surface area contributed by atoms with E-state index in [-0.39, 0.29) is 17.5 Å². The number of hydrogen-bond acceptors (Lipinski definition) is 4. The highest BCUT2D eigenvalue weighted by Gasteiger charge is 2.13. The molecule has 0 saturated heterocycles. The van der Waals surface area contributed by atoms with Gasteiger partial charge in [-0.25, -0.2) is 4.39 Å². The van der Waals surface area contributed by atoms with Gasteiger partial charge in [0.15, 0.2) is 0 Å².